The molecule has 2 nitrogen and oxygen atoms in total. The smallest absolute Gasteiger partial charge is 0.0278 e. The van der Waals surface area contributed by atoms with E-state index in [4.69, 9.17) is 0 Å². The van der Waals surface area contributed by atoms with Gasteiger partial charge in [-0.2, -0.15) is 0 Å². The maximum absolute atomic E-state index is 3.81. The van der Waals surface area contributed by atoms with E-state index in [-0.39, 0.29) is 0 Å². The zero-order valence-corrected chi connectivity index (χ0v) is 14.2. The summed E-state index contributed by atoms with van der Waals surface area (Å²) in [5.74, 6) is 1.74. The Morgan fingerprint density at radius 2 is 1.90 bits per heavy atom. The summed E-state index contributed by atoms with van der Waals surface area (Å²) in [7, 11) is 0. The summed E-state index contributed by atoms with van der Waals surface area (Å²) in [5.41, 5.74) is 0. The minimum absolute atomic E-state index is 0.719. The first-order valence-electron chi connectivity index (χ1n) is 9.16. The van der Waals surface area contributed by atoms with Crippen LogP contribution in [-0.2, 0) is 0 Å². The lowest BCUT2D eigenvalue weighted by molar-refractivity contribution is 0.00860. The van der Waals surface area contributed by atoms with Gasteiger partial charge >= 0.3 is 0 Å². The van der Waals surface area contributed by atoms with Crippen LogP contribution in [0.4, 0.5) is 0 Å². The van der Waals surface area contributed by atoms with Crippen LogP contribution in [0.1, 0.15) is 72.6 Å². The van der Waals surface area contributed by atoms with Gasteiger partial charge in [-0.3, -0.25) is 4.90 Å². The molecule has 2 fully saturated rings. The highest BCUT2D eigenvalue weighted by atomic mass is 15.2. The van der Waals surface area contributed by atoms with Gasteiger partial charge in [-0.1, -0.05) is 40.5 Å². The summed E-state index contributed by atoms with van der Waals surface area (Å²) in [4.78, 5) is 2.91. The molecule has 0 spiro atoms. The van der Waals surface area contributed by atoms with E-state index in [1.165, 1.54) is 51.5 Å². The van der Waals surface area contributed by atoms with Gasteiger partial charge in [0.15, 0.2) is 0 Å². The summed E-state index contributed by atoms with van der Waals surface area (Å²) >= 11 is 0. The van der Waals surface area contributed by atoms with Gasteiger partial charge in [0.2, 0.25) is 0 Å². The molecule has 0 aromatic heterocycles. The monoisotopic (exact) mass is 280 g/mol. The van der Waals surface area contributed by atoms with Crippen molar-refractivity contribution in [2.24, 2.45) is 11.8 Å². The van der Waals surface area contributed by atoms with Crippen LogP contribution in [0.3, 0.4) is 0 Å². The molecule has 1 saturated carbocycles. The molecule has 20 heavy (non-hydrogen) atoms. The molecule has 2 heteroatoms. The molecular formula is C18H36N2. The van der Waals surface area contributed by atoms with Crippen molar-refractivity contribution >= 4 is 0 Å². The van der Waals surface area contributed by atoms with E-state index < -0.39 is 0 Å². The molecule has 1 heterocycles. The Morgan fingerprint density at radius 3 is 2.60 bits per heavy atom. The molecular weight excluding hydrogens is 244 g/mol. The molecule has 118 valence electrons. The second-order valence-electron chi connectivity index (χ2n) is 7.38. The van der Waals surface area contributed by atoms with Gasteiger partial charge in [0.25, 0.3) is 0 Å². The SMILES string of the molecule is CCCC1CCCCN1C1C(C)CC(C)CC1NCC. The third-order valence-corrected chi connectivity index (χ3v) is 5.57. The third kappa shape index (κ3) is 3.76. The van der Waals surface area contributed by atoms with E-state index >= 15 is 0 Å². The quantitative estimate of drug-likeness (QED) is 0.817. The zero-order chi connectivity index (χ0) is 14.5. The minimum Gasteiger partial charge on any atom is -0.313 e. The number of hydrogen-bond donors (Lipinski definition) is 1. The van der Waals surface area contributed by atoms with Crippen LogP contribution in [0.2, 0.25) is 0 Å². The summed E-state index contributed by atoms with van der Waals surface area (Å²) in [5, 5.41) is 3.81. The lowest BCUT2D eigenvalue weighted by Gasteiger charge is -2.50. The molecule has 1 aliphatic heterocycles. The van der Waals surface area contributed by atoms with Crippen LogP contribution in [-0.4, -0.2) is 36.1 Å². The highest BCUT2D eigenvalue weighted by molar-refractivity contribution is 4.96. The van der Waals surface area contributed by atoms with Crippen molar-refractivity contribution in [3.63, 3.8) is 0 Å². The van der Waals surface area contributed by atoms with Gasteiger partial charge in [0.1, 0.15) is 0 Å². The largest absolute Gasteiger partial charge is 0.313 e. The van der Waals surface area contributed by atoms with Gasteiger partial charge in [-0.05, 0) is 57.0 Å². The van der Waals surface area contributed by atoms with Crippen molar-refractivity contribution in [3.05, 3.63) is 0 Å². The van der Waals surface area contributed by atoms with Gasteiger partial charge in [0.05, 0.1) is 0 Å². The van der Waals surface area contributed by atoms with Crippen LogP contribution < -0.4 is 5.32 Å². The first kappa shape index (κ1) is 16.3. The van der Waals surface area contributed by atoms with Crippen LogP contribution in [0.15, 0.2) is 0 Å². The van der Waals surface area contributed by atoms with E-state index in [0.29, 0.717) is 0 Å². The first-order chi connectivity index (χ1) is 9.67. The number of hydrogen-bond acceptors (Lipinski definition) is 2. The highest BCUT2D eigenvalue weighted by Crippen LogP contribution is 2.36. The molecule has 1 saturated heterocycles. The maximum Gasteiger partial charge on any atom is 0.0278 e. The molecule has 1 aliphatic carbocycles. The Balaban J connectivity index is 2.11. The molecule has 5 atom stereocenters. The van der Waals surface area contributed by atoms with Crippen molar-refractivity contribution < 1.29 is 0 Å². The number of nitrogens with zero attached hydrogens (tertiary/aromatic N) is 1. The van der Waals surface area contributed by atoms with Gasteiger partial charge in [-0.15, -0.1) is 0 Å². The zero-order valence-electron chi connectivity index (χ0n) is 14.2. The lowest BCUT2D eigenvalue weighted by Crippen LogP contribution is -2.60. The normalized spacial score (nSPS) is 39.9. The summed E-state index contributed by atoms with van der Waals surface area (Å²) in [6.07, 6.45) is 9.83. The molecule has 0 amide bonds. The number of likely N-dealkylation sites (N-methyl/N-ethyl adjacent to an activating group) is 1. The second-order valence-corrected chi connectivity index (χ2v) is 7.38. The standard InChI is InChI=1S/C18H36N2/c1-5-9-16-10-7-8-11-20(16)18-15(4)12-14(3)13-17(18)19-6-2/h14-19H,5-13H2,1-4H3. The van der Waals surface area contributed by atoms with Gasteiger partial charge < -0.3 is 5.32 Å². The molecule has 0 aromatic carbocycles. The number of rotatable bonds is 5. The fraction of sp³-hybridized carbons (Fsp3) is 1.00. The number of nitrogens with one attached hydrogen (secondary N) is 1. The second kappa shape index (κ2) is 7.79. The first-order valence-corrected chi connectivity index (χ1v) is 9.16. The average molecular weight is 281 g/mol. The van der Waals surface area contributed by atoms with Crippen LogP contribution in [0.25, 0.3) is 0 Å². The van der Waals surface area contributed by atoms with E-state index in [0.717, 1.165) is 36.5 Å². The van der Waals surface area contributed by atoms with Crippen molar-refractivity contribution in [2.75, 3.05) is 13.1 Å². The third-order valence-electron chi connectivity index (χ3n) is 5.57. The van der Waals surface area contributed by atoms with Crippen molar-refractivity contribution in [3.8, 4) is 0 Å². The molecule has 0 bridgehead atoms. The molecule has 5 unspecified atom stereocenters. The molecule has 1 N–H and O–H groups in total. The van der Waals surface area contributed by atoms with Gasteiger partial charge in [0, 0.05) is 18.1 Å². The van der Waals surface area contributed by atoms with Crippen molar-refractivity contribution in [1.29, 1.82) is 0 Å². The fourth-order valence-corrected chi connectivity index (χ4v) is 4.92. The highest BCUT2D eigenvalue weighted by Gasteiger charge is 2.40. The molecule has 0 radical (unpaired) electrons. The van der Waals surface area contributed by atoms with Crippen molar-refractivity contribution in [2.45, 2.75) is 90.8 Å². The van der Waals surface area contributed by atoms with E-state index in [9.17, 15) is 0 Å². The predicted octanol–water partition coefficient (Wildman–Crippen LogP) is 4.05. The summed E-state index contributed by atoms with van der Waals surface area (Å²) in [6, 6.07) is 2.36. The topological polar surface area (TPSA) is 15.3 Å². The van der Waals surface area contributed by atoms with E-state index in [1.54, 1.807) is 0 Å². The number of likely N-dealkylation sites (tertiary alicyclic amines) is 1. The Kier molecular flexibility index (Phi) is 6.35. The Hall–Kier alpha value is -0.0800. The van der Waals surface area contributed by atoms with E-state index in [1.807, 2.05) is 0 Å². The molecule has 2 rings (SSSR count). The minimum atomic E-state index is 0.719. The summed E-state index contributed by atoms with van der Waals surface area (Å²) < 4.78 is 0. The fourth-order valence-electron chi connectivity index (χ4n) is 4.92. The van der Waals surface area contributed by atoms with Crippen LogP contribution >= 0.6 is 0 Å². The average Bonchev–Trinajstić information content (AvgIpc) is 2.40. The number of piperidine rings is 1. The maximum atomic E-state index is 3.81. The molecule has 2 aliphatic rings. The van der Waals surface area contributed by atoms with Crippen LogP contribution in [0.5, 0.6) is 0 Å². The van der Waals surface area contributed by atoms with Crippen LogP contribution in [0, 0.1) is 11.8 Å². The summed E-state index contributed by atoms with van der Waals surface area (Å²) in [6.45, 7) is 12.0. The predicted molar refractivity (Wildman–Crippen MR) is 88.1 cm³/mol. The van der Waals surface area contributed by atoms with Crippen molar-refractivity contribution in [1.82, 2.24) is 10.2 Å². The Bertz CT molecular complexity index is 277. The van der Waals surface area contributed by atoms with Gasteiger partial charge in [-0.25, -0.2) is 0 Å². The Labute approximate surface area is 126 Å². The molecule has 0 aromatic rings. The van der Waals surface area contributed by atoms with E-state index in [2.05, 4.69) is 37.9 Å². The lowest BCUT2D eigenvalue weighted by atomic mass is 9.74. The Morgan fingerprint density at radius 1 is 1.10 bits per heavy atom.